The van der Waals surface area contributed by atoms with Crippen molar-refractivity contribution in [3.05, 3.63) is 94.0 Å². The molecule has 6 nitrogen and oxygen atoms in total. The molecule has 190 valence electrons. The zero-order valence-corrected chi connectivity index (χ0v) is 22.8. The van der Waals surface area contributed by atoms with Gasteiger partial charge < -0.3 is 4.90 Å². The van der Waals surface area contributed by atoms with E-state index in [9.17, 15) is 4.79 Å². The van der Waals surface area contributed by atoms with Gasteiger partial charge in [0, 0.05) is 38.3 Å². The van der Waals surface area contributed by atoms with Crippen LogP contribution in [0.4, 0.5) is 0 Å². The van der Waals surface area contributed by atoms with Crippen molar-refractivity contribution in [2.24, 2.45) is 0 Å². The quantitative estimate of drug-likeness (QED) is 0.264. The lowest BCUT2D eigenvalue weighted by atomic mass is 10.1. The van der Waals surface area contributed by atoms with Gasteiger partial charge in [-0.05, 0) is 30.7 Å². The van der Waals surface area contributed by atoms with Crippen LogP contribution in [0.5, 0.6) is 0 Å². The second-order valence-corrected chi connectivity index (χ2v) is 10.8. The third-order valence-corrected chi connectivity index (χ3v) is 8.06. The van der Waals surface area contributed by atoms with E-state index in [1.54, 1.807) is 12.1 Å². The Bertz CT molecular complexity index is 1370. The zero-order valence-electron chi connectivity index (χ0n) is 20.5. The molecule has 4 aromatic rings. The molecular formula is C28H27Cl2N5OS. The summed E-state index contributed by atoms with van der Waals surface area (Å²) in [7, 11) is 0. The largest absolute Gasteiger partial charge is 0.339 e. The topological polar surface area (TPSA) is 54.3 Å². The van der Waals surface area contributed by atoms with E-state index in [-0.39, 0.29) is 11.7 Å². The summed E-state index contributed by atoms with van der Waals surface area (Å²) in [4.78, 5) is 17.4. The number of aryl methyl sites for hydroxylation is 1. The van der Waals surface area contributed by atoms with E-state index in [0.717, 1.165) is 49.5 Å². The number of amides is 1. The average molecular weight is 553 g/mol. The molecule has 0 saturated carbocycles. The smallest absolute Gasteiger partial charge is 0.233 e. The fourth-order valence-corrected chi connectivity index (χ4v) is 5.47. The molecule has 0 N–H and O–H groups in total. The van der Waals surface area contributed by atoms with Gasteiger partial charge >= 0.3 is 0 Å². The molecule has 1 amide bonds. The van der Waals surface area contributed by atoms with Crippen molar-refractivity contribution >= 4 is 40.9 Å². The third kappa shape index (κ3) is 6.18. The zero-order chi connectivity index (χ0) is 25.8. The van der Waals surface area contributed by atoms with Gasteiger partial charge in [0.15, 0.2) is 11.0 Å². The minimum absolute atomic E-state index is 0.102. The van der Waals surface area contributed by atoms with Crippen LogP contribution in [0.2, 0.25) is 10.0 Å². The number of piperazine rings is 1. The second-order valence-electron chi connectivity index (χ2n) is 9.04. The molecule has 1 aliphatic heterocycles. The number of nitrogens with zero attached hydrogens (tertiary/aromatic N) is 5. The normalized spacial score (nSPS) is 14.2. The van der Waals surface area contributed by atoms with E-state index in [1.165, 1.54) is 17.3 Å². The first-order valence-electron chi connectivity index (χ1n) is 12.1. The summed E-state index contributed by atoms with van der Waals surface area (Å²) in [6, 6.07) is 24.0. The van der Waals surface area contributed by atoms with E-state index in [4.69, 9.17) is 23.2 Å². The van der Waals surface area contributed by atoms with Crippen LogP contribution in [0.3, 0.4) is 0 Å². The van der Waals surface area contributed by atoms with E-state index >= 15 is 0 Å². The van der Waals surface area contributed by atoms with Crippen LogP contribution in [0, 0.1) is 6.92 Å². The van der Waals surface area contributed by atoms with Crippen molar-refractivity contribution in [3.8, 4) is 17.1 Å². The summed E-state index contributed by atoms with van der Waals surface area (Å²) in [5.41, 5.74) is 4.17. The van der Waals surface area contributed by atoms with E-state index in [0.29, 0.717) is 21.0 Å². The number of thioether (sulfide) groups is 1. The lowest BCUT2D eigenvalue weighted by molar-refractivity contribution is -0.130. The highest BCUT2D eigenvalue weighted by molar-refractivity contribution is 7.99. The van der Waals surface area contributed by atoms with Crippen LogP contribution in [0.15, 0.2) is 78.0 Å². The molecule has 0 radical (unpaired) electrons. The predicted octanol–water partition coefficient (Wildman–Crippen LogP) is 5.99. The Labute approximate surface area is 231 Å². The van der Waals surface area contributed by atoms with Crippen LogP contribution in [0.1, 0.15) is 11.1 Å². The summed E-state index contributed by atoms with van der Waals surface area (Å²) >= 11 is 13.9. The Morgan fingerprint density at radius 2 is 1.62 bits per heavy atom. The SMILES string of the molecule is Cc1ccc(-c2nnc(SCC(=O)N3CCN(Cc4ccccc4)CC3)n2-c2ccc(Cl)c(Cl)c2)cc1. The van der Waals surface area contributed by atoms with E-state index in [2.05, 4.69) is 39.4 Å². The fraction of sp³-hybridized carbons (Fsp3) is 0.250. The molecule has 1 aromatic heterocycles. The molecule has 1 aliphatic rings. The predicted molar refractivity (Wildman–Crippen MR) is 151 cm³/mol. The molecule has 3 aromatic carbocycles. The van der Waals surface area contributed by atoms with Crippen molar-refractivity contribution in [2.45, 2.75) is 18.6 Å². The minimum atomic E-state index is 0.102. The van der Waals surface area contributed by atoms with E-state index in [1.807, 2.05) is 52.8 Å². The highest BCUT2D eigenvalue weighted by Gasteiger charge is 2.23. The van der Waals surface area contributed by atoms with Gasteiger partial charge in [0.05, 0.1) is 21.5 Å². The highest BCUT2D eigenvalue weighted by Crippen LogP contribution is 2.31. The van der Waals surface area contributed by atoms with Gasteiger partial charge in [-0.2, -0.15) is 0 Å². The van der Waals surface area contributed by atoms with Gasteiger partial charge in [0.25, 0.3) is 0 Å². The van der Waals surface area contributed by atoms with Crippen molar-refractivity contribution in [1.82, 2.24) is 24.6 Å². The maximum absolute atomic E-state index is 13.1. The Morgan fingerprint density at radius 3 is 2.32 bits per heavy atom. The molecule has 0 aliphatic carbocycles. The fourth-order valence-electron chi connectivity index (χ4n) is 4.32. The second kappa shape index (κ2) is 11.7. The number of halogens is 2. The van der Waals surface area contributed by atoms with Crippen LogP contribution >= 0.6 is 35.0 Å². The maximum Gasteiger partial charge on any atom is 0.233 e. The van der Waals surface area contributed by atoms with Gasteiger partial charge in [0.1, 0.15) is 0 Å². The van der Waals surface area contributed by atoms with Crippen molar-refractivity contribution in [1.29, 1.82) is 0 Å². The number of rotatable bonds is 7. The molecule has 0 spiro atoms. The maximum atomic E-state index is 13.1. The number of aromatic nitrogens is 3. The minimum Gasteiger partial charge on any atom is -0.339 e. The van der Waals surface area contributed by atoms with E-state index < -0.39 is 0 Å². The summed E-state index contributed by atoms with van der Waals surface area (Å²) in [6.45, 7) is 6.12. The highest BCUT2D eigenvalue weighted by atomic mass is 35.5. The molecule has 0 bridgehead atoms. The summed E-state index contributed by atoms with van der Waals surface area (Å²) in [5.74, 6) is 1.07. The number of benzene rings is 3. The molecule has 5 rings (SSSR count). The average Bonchev–Trinajstić information content (AvgIpc) is 3.34. The van der Waals surface area contributed by atoms with Gasteiger partial charge in [-0.1, -0.05) is 95.1 Å². The number of hydrogen-bond donors (Lipinski definition) is 0. The monoisotopic (exact) mass is 551 g/mol. The van der Waals surface area contributed by atoms with Gasteiger partial charge in [-0.15, -0.1) is 10.2 Å². The summed E-state index contributed by atoms with van der Waals surface area (Å²) < 4.78 is 1.93. The Hall–Kier alpha value is -2.84. The standard InChI is InChI=1S/C28H27Cl2N5OS/c1-20-7-9-22(10-8-20)27-31-32-28(35(27)23-11-12-24(29)25(30)17-23)37-19-26(36)34-15-13-33(14-16-34)18-21-5-3-2-4-6-21/h2-12,17H,13-16,18-19H2,1H3. The lowest BCUT2D eigenvalue weighted by Gasteiger charge is -2.34. The number of carbonyl (C=O) groups is 1. The Balaban J connectivity index is 1.29. The lowest BCUT2D eigenvalue weighted by Crippen LogP contribution is -2.48. The van der Waals surface area contributed by atoms with Crippen molar-refractivity contribution < 1.29 is 4.79 Å². The summed E-state index contributed by atoms with van der Waals surface area (Å²) in [6.07, 6.45) is 0. The van der Waals surface area contributed by atoms with Crippen molar-refractivity contribution in [3.63, 3.8) is 0 Å². The van der Waals surface area contributed by atoms with Crippen LogP contribution in [-0.2, 0) is 11.3 Å². The van der Waals surface area contributed by atoms with Gasteiger partial charge in [-0.3, -0.25) is 14.3 Å². The molecule has 37 heavy (non-hydrogen) atoms. The molecule has 1 saturated heterocycles. The van der Waals surface area contributed by atoms with Gasteiger partial charge in [0.2, 0.25) is 5.91 Å². The molecule has 1 fully saturated rings. The van der Waals surface area contributed by atoms with Gasteiger partial charge in [-0.25, -0.2) is 0 Å². The Kier molecular flexibility index (Phi) is 8.15. The molecule has 2 heterocycles. The van der Waals surface area contributed by atoms with Crippen LogP contribution in [0.25, 0.3) is 17.1 Å². The number of carbonyl (C=O) groups excluding carboxylic acids is 1. The molecule has 9 heteroatoms. The summed E-state index contributed by atoms with van der Waals surface area (Å²) in [5, 5.41) is 10.5. The van der Waals surface area contributed by atoms with Crippen LogP contribution in [-0.4, -0.2) is 62.4 Å². The molecule has 0 unspecified atom stereocenters. The Morgan fingerprint density at radius 1 is 0.892 bits per heavy atom. The first-order chi connectivity index (χ1) is 18.0. The number of hydrogen-bond acceptors (Lipinski definition) is 5. The first-order valence-corrected chi connectivity index (χ1v) is 13.9. The van der Waals surface area contributed by atoms with Crippen LogP contribution < -0.4 is 0 Å². The van der Waals surface area contributed by atoms with Crippen molar-refractivity contribution in [2.75, 3.05) is 31.9 Å². The molecular weight excluding hydrogens is 525 g/mol. The third-order valence-electron chi connectivity index (χ3n) is 6.40. The molecule has 0 atom stereocenters. The first kappa shape index (κ1) is 25.8.